The molecule has 1 aliphatic heterocycles. The first-order valence-electron chi connectivity index (χ1n) is 6.26. The van der Waals surface area contributed by atoms with E-state index in [-0.39, 0.29) is 17.3 Å². The van der Waals surface area contributed by atoms with Gasteiger partial charge in [-0.2, -0.15) is 0 Å². The fourth-order valence-electron chi connectivity index (χ4n) is 2.39. The van der Waals surface area contributed by atoms with Crippen molar-refractivity contribution in [3.63, 3.8) is 0 Å². The molecule has 2 N–H and O–H groups in total. The van der Waals surface area contributed by atoms with Crippen LogP contribution in [0.25, 0.3) is 0 Å². The number of carbonyl (C=O) groups is 2. The molecule has 0 spiro atoms. The molecule has 1 saturated heterocycles. The van der Waals surface area contributed by atoms with E-state index in [0.29, 0.717) is 13.0 Å². The van der Waals surface area contributed by atoms with Gasteiger partial charge >= 0.3 is 5.97 Å². The number of nitrogens with one attached hydrogen (secondary N) is 1. The number of hydrogen-bond donors (Lipinski definition) is 2. The molecule has 1 aliphatic rings. The Morgan fingerprint density at radius 3 is 2.80 bits per heavy atom. The lowest BCUT2D eigenvalue weighted by atomic mass is 9.92. The Hall–Kier alpha value is -2.38. The first kappa shape index (κ1) is 14.0. The Morgan fingerprint density at radius 2 is 2.25 bits per heavy atom. The number of aromatic nitrogens is 1. The molecule has 8 nitrogen and oxygen atoms in total. The van der Waals surface area contributed by atoms with Gasteiger partial charge in [-0.25, -0.2) is 4.79 Å². The molecule has 108 valence electrons. The normalized spacial score (nSPS) is 22.6. The van der Waals surface area contributed by atoms with Gasteiger partial charge in [-0.15, -0.1) is 0 Å². The Labute approximate surface area is 114 Å². The van der Waals surface area contributed by atoms with Crippen LogP contribution in [-0.2, 0) is 4.79 Å². The fourth-order valence-corrected chi connectivity index (χ4v) is 2.39. The number of hydrogen-bond acceptors (Lipinski definition) is 4. The lowest BCUT2D eigenvalue weighted by molar-refractivity contribution is -0.384. The van der Waals surface area contributed by atoms with E-state index in [1.165, 1.54) is 4.90 Å². The predicted octanol–water partition coefficient (Wildman–Crippen LogP) is 1.25. The molecule has 1 aromatic rings. The summed E-state index contributed by atoms with van der Waals surface area (Å²) in [7, 11) is 0. The highest BCUT2D eigenvalue weighted by Gasteiger charge is 2.35. The van der Waals surface area contributed by atoms with Crippen LogP contribution in [-0.4, -0.2) is 44.4 Å². The van der Waals surface area contributed by atoms with Crippen LogP contribution in [0.2, 0.25) is 0 Å². The lowest BCUT2D eigenvalue weighted by Crippen LogP contribution is -2.49. The highest BCUT2D eigenvalue weighted by Crippen LogP contribution is 2.25. The van der Waals surface area contributed by atoms with Crippen molar-refractivity contribution in [2.45, 2.75) is 25.8 Å². The van der Waals surface area contributed by atoms with Crippen molar-refractivity contribution in [1.82, 2.24) is 9.88 Å². The van der Waals surface area contributed by atoms with Crippen LogP contribution in [0.1, 0.15) is 30.3 Å². The van der Waals surface area contributed by atoms with Crippen molar-refractivity contribution in [2.75, 3.05) is 6.54 Å². The summed E-state index contributed by atoms with van der Waals surface area (Å²) in [6.07, 6.45) is 2.23. The minimum atomic E-state index is -1.05. The SMILES string of the molecule is CC1CCN(C(=O)c2cc([N+](=O)[O-])c[nH]2)C(C(=O)O)C1. The molecule has 0 radical (unpaired) electrons. The summed E-state index contributed by atoms with van der Waals surface area (Å²) in [5.41, 5.74) is -0.178. The number of rotatable bonds is 3. The first-order chi connectivity index (χ1) is 9.40. The maximum absolute atomic E-state index is 12.3. The van der Waals surface area contributed by atoms with Crippen molar-refractivity contribution < 1.29 is 19.6 Å². The smallest absolute Gasteiger partial charge is 0.326 e. The summed E-state index contributed by atoms with van der Waals surface area (Å²) in [4.78, 5) is 37.3. The largest absolute Gasteiger partial charge is 0.480 e. The third-order valence-electron chi connectivity index (χ3n) is 3.52. The lowest BCUT2D eigenvalue weighted by Gasteiger charge is -2.35. The Balaban J connectivity index is 2.21. The average molecular weight is 281 g/mol. The molecule has 0 bridgehead atoms. The number of nitro groups is 1. The van der Waals surface area contributed by atoms with Crippen molar-refractivity contribution in [3.8, 4) is 0 Å². The fraction of sp³-hybridized carbons (Fsp3) is 0.500. The second kappa shape index (κ2) is 5.32. The van der Waals surface area contributed by atoms with Crippen LogP contribution in [0.3, 0.4) is 0 Å². The van der Waals surface area contributed by atoms with Crippen LogP contribution >= 0.6 is 0 Å². The van der Waals surface area contributed by atoms with E-state index in [1.807, 2.05) is 6.92 Å². The van der Waals surface area contributed by atoms with Gasteiger partial charge in [0.1, 0.15) is 11.7 Å². The standard InChI is InChI=1S/C12H15N3O5/c1-7-2-3-14(10(4-7)12(17)18)11(16)9-5-8(6-13-9)15(19)20/h5-7,10,13H,2-4H2,1H3,(H,17,18). The third-order valence-corrected chi connectivity index (χ3v) is 3.52. The minimum absolute atomic E-state index is 0.0394. The number of carbonyl (C=O) groups excluding carboxylic acids is 1. The second-order valence-electron chi connectivity index (χ2n) is 5.01. The van der Waals surface area contributed by atoms with Gasteiger partial charge in [-0.1, -0.05) is 6.92 Å². The molecular weight excluding hydrogens is 266 g/mol. The molecule has 0 saturated carbocycles. The zero-order chi connectivity index (χ0) is 14.9. The van der Waals surface area contributed by atoms with Gasteiger partial charge in [0.2, 0.25) is 0 Å². The molecule has 2 rings (SSSR count). The number of amides is 1. The van der Waals surface area contributed by atoms with Crippen LogP contribution < -0.4 is 0 Å². The van der Waals surface area contributed by atoms with E-state index < -0.39 is 22.8 Å². The summed E-state index contributed by atoms with van der Waals surface area (Å²) in [5.74, 6) is -1.33. The molecule has 20 heavy (non-hydrogen) atoms. The monoisotopic (exact) mass is 281 g/mol. The van der Waals surface area contributed by atoms with Crippen LogP contribution in [0.5, 0.6) is 0 Å². The van der Waals surface area contributed by atoms with Crippen LogP contribution in [0.15, 0.2) is 12.3 Å². The zero-order valence-electron chi connectivity index (χ0n) is 10.9. The highest BCUT2D eigenvalue weighted by molar-refractivity contribution is 5.95. The second-order valence-corrected chi connectivity index (χ2v) is 5.01. The van der Waals surface area contributed by atoms with E-state index in [9.17, 15) is 24.8 Å². The number of likely N-dealkylation sites (tertiary alicyclic amines) is 1. The summed E-state index contributed by atoms with van der Waals surface area (Å²) >= 11 is 0. The maximum Gasteiger partial charge on any atom is 0.326 e. The maximum atomic E-state index is 12.3. The summed E-state index contributed by atoms with van der Waals surface area (Å²) < 4.78 is 0. The number of H-pyrrole nitrogens is 1. The Morgan fingerprint density at radius 1 is 1.55 bits per heavy atom. The van der Waals surface area contributed by atoms with Gasteiger partial charge in [0, 0.05) is 12.6 Å². The molecular formula is C12H15N3O5. The molecule has 1 amide bonds. The number of piperidine rings is 1. The van der Waals surface area contributed by atoms with Crippen molar-refractivity contribution in [2.24, 2.45) is 5.92 Å². The number of carboxylic acids is 1. The van der Waals surface area contributed by atoms with Gasteiger partial charge in [0.15, 0.2) is 0 Å². The molecule has 0 aliphatic carbocycles. The summed E-state index contributed by atoms with van der Waals surface area (Å²) in [5, 5.41) is 19.8. The van der Waals surface area contributed by atoms with Crippen molar-refractivity contribution >= 4 is 17.6 Å². The molecule has 2 unspecified atom stereocenters. The molecule has 0 aromatic carbocycles. The Kier molecular flexibility index (Phi) is 3.73. The molecule has 1 aromatic heterocycles. The van der Waals surface area contributed by atoms with E-state index in [1.54, 1.807) is 0 Å². The first-order valence-corrected chi connectivity index (χ1v) is 6.26. The Bertz CT molecular complexity index is 553. The number of carboxylic acid groups (broad SMARTS) is 1. The third kappa shape index (κ3) is 2.63. The van der Waals surface area contributed by atoms with Crippen LogP contribution in [0, 0.1) is 16.0 Å². The minimum Gasteiger partial charge on any atom is -0.480 e. The number of aliphatic carboxylic acids is 1. The quantitative estimate of drug-likeness (QED) is 0.638. The van der Waals surface area contributed by atoms with E-state index >= 15 is 0 Å². The van der Waals surface area contributed by atoms with E-state index in [0.717, 1.165) is 18.7 Å². The van der Waals surface area contributed by atoms with E-state index in [4.69, 9.17) is 0 Å². The predicted molar refractivity (Wildman–Crippen MR) is 68.3 cm³/mol. The molecule has 8 heteroatoms. The van der Waals surface area contributed by atoms with E-state index in [2.05, 4.69) is 4.98 Å². The number of nitrogens with zero attached hydrogens (tertiary/aromatic N) is 2. The average Bonchev–Trinajstić information content (AvgIpc) is 2.87. The van der Waals surface area contributed by atoms with Gasteiger partial charge in [-0.05, 0) is 18.8 Å². The molecule has 1 fully saturated rings. The molecule has 2 heterocycles. The van der Waals surface area contributed by atoms with Crippen molar-refractivity contribution in [3.05, 3.63) is 28.1 Å². The molecule has 2 atom stereocenters. The van der Waals surface area contributed by atoms with Crippen LogP contribution in [0.4, 0.5) is 5.69 Å². The topological polar surface area (TPSA) is 117 Å². The summed E-state index contributed by atoms with van der Waals surface area (Å²) in [6.45, 7) is 2.28. The van der Waals surface area contributed by atoms with Gasteiger partial charge < -0.3 is 15.0 Å². The summed E-state index contributed by atoms with van der Waals surface area (Å²) in [6, 6.07) is 0.243. The number of aromatic amines is 1. The van der Waals surface area contributed by atoms with Gasteiger partial charge in [0.25, 0.3) is 11.6 Å². The zero-order valence-corrected chi connectivity index (χ0v) is 10.9. The van der Waals surface area contributed by atoms with Gasteiger partial charge in [-0.3, -0.25) is 14.9 Å². The highest BCUT2D eigenvalue weighted by atomic mass is 16.6. The van der Waals surface area contributed by atoms with Gasteiger partial charge in [0.05, 0.1) is 11.1 Å². The van der Waals surface area contributed by atoms with Crippen molar-refractivity contribution in [1.29, 1.82) is 0 Å².